The van der Waals surface area contributed by atoms with Gasteiger partial charge in [-0.3, -0.25) is 14.7 Å². The van der Waals surface area contributed by atoms with Crippen molar-refractivity contribution in [1.82, 2.24) is 15.3 Å². The lowest BCUT2D eigenvalue weighted by molar-refractivity contribution is -0.0760. The fourth-order valence-electron chi connectivity index (χ4n) is 0.897. The van der Waals surface area contributed by atoms with E-state index in [0.717, 1.165) is 17.2 Å². The number of nitrogens with zero attached hydrogens (tertiary/aromatic N) is 2. The molecule has 0 saturated heterocycles. The molecule has 0 aromatic carbocycles. The zero-order valence-corrected chi connectivity index (χ0v) is 8.00. The van der Waals surface area contributed by atoms with Crippen molar-refractivity contribution in [3.8, 4) is 0 Å². The Labute approximate surface area is 76.6 Å². The van der Waals surface area contributed by atoms with Crippen molar-refractivity contribution < 1.29 is 9.63 Å². The summed E-state index contributed by atoms with van der Waals surface area (Å²) < 4.78 is 0. The molecule has 1 aromatic heterocycles. The van der Waals surface area contributed by atoms with Crippen LogP contribution in [0.25, 0.3) is 0 Å². The molecule has 0 aliphatic rings. The summed E-state index contributed by atoms with van der Waals surface area (Å²) in [6, 6.07) is 1.72. The van der Waals surface area contributed by atoms with Gasteiger partial charge >= 0.3 is 0 Å². The minimum Gasteiger partial charge on any atom is -0.282 e. The Kier molecular flexibility index (Phi) is 3.02. The second-order valence-corrected chi connectivity index (χ2v) is 2.62. The molecule has 0 radical (unpaired) electrons. The van der Waals surface area contributed by atoms with E-state index < -0.39 is 0 Å². The first-order valence-corrected chi connectivity index (χ1v) is 4.05. The van der Waals surface area contributed by atoms with Gasteiger partial charge in [-0.25, -0.2) is 5.06 Å². The Hall–Kier alpha value is -1.36. The number of amides is 1. The SMILES string of the molecule is CCc1cc(C(=O)N(C)OC)n[nH]1. The largest absolute Gasteiger partial charge is 0.297 e. The van der Waals surface area contributed by atoms with E-state index >= 15 is 0 Å². The van der Waals surface area contributed by atoms with E-state index in [1.165, 1.54) is 7.11 Å². The van der Waals surface area contributed by atoms with E-state index in [-0.39, 0.29) is 5.91 Å². The lowest BCUT2D eigenvalue weighted by Gasteiger charge is -2.10. The second-order valence-electron chi connectivity index (χ2n) is 2.62. The van der Waals surface area contributed by atoms with E-state index in [9.17, 15) is 4.79 Å². The first-order valence-electron chi connectivity index (χ1n) is 4.05. The number of rotatable bonds is 3. The van der Waals surface area contributed by atoms with Crippen molar-refractivity contribution in [3.63, 3.8) is 0 Å². The fourth-order valence-corrected chi connectivity index (χ4v) is 0.897. The molecule has 1 N–H and O–H groups in total. The maximum absolute atomic E-state index is 11.4. The van der Waals surface area contributed by atoms with E-state index in [1.807, 2.05) is 6.92 Å². The molecule has 0 aliphatic heterocycles. The Morgan fingerprint density at radius 2 is 2.46 bits per heavy atom. The number of H-pyrrole nitrogens is 1. The molecule has 0 spiro atoms. The summed E-state index contributed by atoms with van der Waals surface area (Å²) >= 11 is 0. The van der Waals surface area contributed by atoms with Gasteiger partial charge in [0.15, 0.2) is 5.69 Å². The van der Waals surface area contributed by atoms with Crippen LogP contribution in [0.3, 0.4) is 0 Å². The van der Waals surface area contributed by atoms with Crippen molar-refractivity contribution in [2.45, 2.75) is 13.3 Å². The number of hydrogen-bond acceptors (Lipinski definition) is 3. The van der Waals surface area contributed by atoms with Gasteiger partial charge in [0, 0.05) is 12.7 Å². The third-order valence-electron chi connectivity index (χ3n) is 1.79. The first-order chi connectivity index (χ1) is 6.19. The van der Waals surface area contributed by atoms with E-state index in [1.54, 1.807) is 13.1 Å². The average molecular weight is 183 g/mol. The van der Waals surface area contributed by atoms with Gasteiger partial charge in [-0.2, -0.15) is 5.10 Å². The Balaban J connectivity index is 2.77. The van der Waals surface area contributed by atoms with Gasteiger partial charge in [-0.1, -0.05) is 6.92 Å². The van der Waals surface area contributed by atoms with Crippen molar-refractivity contribution in [2.75, 3.05) is 14.2 Å². The highest BCUT2D eigenvalue weighted by atomic mass is 16.7. The summed E-state index contributed by atoms with van der Waals surface area (Å²) in [5.74, 6) is -0.251. The molecular weight excluding hydrogens is 170 g/mol. The smallest absolute Gasteiger partial charge is 0.282 e. The van der Waals surface area contributed by atoms with E-state index in [2.05, 4.69) is 10.2 Å². The van der Waals surface area contributed by atoms with Gasteiger partial charge in [0.1, 0.15) is 0 Å². The maximum atomic E-state index is 11.4. The minimum absolute atomic E-state index is 0.251. The molecule has 0 aliphatic carbocycles. The molecule has 1 aromatic rings. The van der Waals surface area contributed by atoms with Crippen molar-refractivity contribution in [1.29, 1.82) is 0 Å². The third-order valence-corrected chi connectivity index (χ3v) is 1.79. The number of aromatic nitrogens is 2. The lowest BCUT2D eigenvalue weighted by atomic mass is 10.3. The molecule has 0 saturated carbocycles. The molecule has 5 heteroatoms. The zero-order valence-electron chi connectivity index (χ0n) is 8.00. The molecule has 1 heterocycles. The highest BCUT2D eigenvalue weighted by Crippen LogP contribution is 2.03. The topological polar surface area (TPSA) is 58.2 Å². The van der Waals surface area contributed by atoms with Crippen LogP contribution in [-0.4, -0.2) is 35.3 Å². The van der Waals surface area contributed by atoms with Crippen molar-refractivity contribution in [2.24, 2.45) is 0 Å². The number of carbonyl (C=O) groups is 1. The van der Waals surface area contributed by atoms with Crippen LogP contribution in [0.2, 0.25) is 0 Å². The van der Waals surface area contributed by atoms with Crippen LogP contribution in [0, 0.1) is 0 Å². The van der Waals surface area contributed by atoms with Crippen LogP contribution in [-0.2, 0) is 11.3 Å². The number of aromatic amines is 1. The summed E-state index contributed by atoms with van der Waals surface area (Å²) in [6.07, 6.45) is 0.830. The van der Waals surface area contributed by atoms with Crippen LogP contribution in [0.15, 0.2) is 6.07 Å². The Bertz CT molecular complexity index is 295. The molecule has 0 atom stereocenters. The standard InChI is InChI=1S/C8H13N3O2/c1-4-6-5-7(10-9-6)8(12)11(2)13-3/h5H,4H2,1-3H3,(H,9,10). The second kappa shape index (κ2) is 4.04. The van der Waals surface area contributed by atoms with Crippen LogP contribution in [0.1, 0.15) is 23.1 Å². The van der Waals surface area contributed by atoms with Gasteiger partial charge in [0.2, 0.25) is 0 Å². The summed E-state index contributed by atoms with van der Waals surface area (Å²) in [5.41, 5.74) is 1.31. The molecule has 1 amide bonds. The number of hydroxylamine groups is 2. The van der Waals surface area contributed by atoms with Gasteiger partial charge in [-0.05, 0) is 12.5 Å². The molecule has 72 valence electrons. The van der Waals surface area contributed by atoms with Gasteiger partial charge in [0.25, 0.3) is 5.91 Å². The van der Waals surface area contributed by atoms with Crippen molar-refractivity contribution in [3.05, 3.63) is 17.5 Å². The fraction of sp³-hybridized carbons (Fsp3) is 0.500. The van der Waals surface area contributed by atoms with Gasteiger partial charge < -0.3 is 0 Å². The van der Waals surface area contributed by atoms with Crippen LogP contribution < -0.4 is 0 Å². The summed E-state index contributed by atoms with van der Waals surface area (Å²) in [6.45, 7) is 1.99. The highest BCUT2D eigenvalue weighted by molar-refractivity contribution is 5.91. The molecule has 1 rings (SSSR count). The van der Waals surface area contributed by atoms with E-state index in [0.29, 0.717) is 5.69 Å². The molecule has 0 bridgehead atoms. The zero-order chi connectivity index (χ0) is 9.84. The van der Waals surface area contributed by atoms with Crippen LogP contribution in [0.5, 0.6) is 0 Å². The Morgan fingerprint density at radius 3 is 2.92 bits per heavy atom. The third kappa shape index (κ3) is 2.06. The quantitative estimate of drug-likeness (QED) is 0.698. The number of nitrogens with one attached hydrogen (secondary N) is 1. The highest BCUT2D eigenvalue weighted by Gasteiger charge is 2.14. The lowest BCUT2D eigenvalue weighted by Crippen LogP contribution is -2.25. The summed E-state index contributed by atoms with van der Waals surface area (Å²) in [4.78, 5) is 16.2. The number of carbonyl (C=O) groups excluding carboxylic acids is 1. The molecular formula is C8H13N3O2. The number of hydrogen-bond donors (Lipinski definition) is 1. The predicted octanol–water partition coefficient (Wildman–Crippen LogP) is 0.605. The number of aryl methyl sites for hydroxylation is 1. The van der Waals surface area contributed by atoms with E-state index in [4.69, 9.17) is 4.84 Å². The minimum atomic E-state index is -0.251. The average Bonchev–Trinajstić information content (AvgIpc) is 2.63. The predicted molar refractivity (Wildman–Crippen MR) is 47.1 cm³/mol. The molecule has 13 heavy (non-hydrogen) atoms. The van der Waals surface area contributed by atoms with Crippen LogP contribution in [0.4, 0.5) is 0 Å². The normalized spacial score (nSPS) is 10.1. The summed E-state index contributed by atoms with van der Waals surface area (Å²) in [7, 11) is 2.98. The molecule has 0 fully saturated rings. The van der Waals surface area contributed by atoms with Crippen molar-refractivity contribution >= 4 is 5.91 Å². The molecule has 5 nitrogen and oxygen atoms in total. The maximum Gasteiger partial charge on any atom is 0.297 e. The molecule has 0 unspecified atom stereocenters. The first kappa shape index (κ1) is 9.73. The van der Waals surface area contributed by atoms with Crippen LogP contribution >= 0.6 is 0 Å². The van der Waals surface area contributed by atoms with Gasteiger partial charge in [0.05, 0.1) is 7.11 Å². The van der Waals surface area contributed by atoms with Gasteiger partial charge in [-0.15, -0.1) is 0 Å². The monoisotopic (exact) mass is 183 g/mol. The Morgan fingerprint density at radius 1 is 1.77 bits per heavy atom. The summed E-state index contributed by atoms with van der Waals surface area (Å²) in [5, 5.41) is 7.76.